The molecule has 26 heavy (non-hydrogen) atoms. The third-order valence-electron chi connectivity index (χ3n) is 4.37. The molecular weight excluding hydrogens is 352 g/mol. The van der Waals surface area contributed by atoms with Gasteiger partial charge in [0.1, 0.15) is 5.75 Å². The van der Waals surface area contributed by atoms with Gasteiger partial charge in [0, 0.05) is 21.7 Å². The average Bonchev–Trinajstić information content (AvgIpc) is 2.93. The molecule has 134 valence electrons. The number of rotatable bonds is 5. The number of nitrogens with zero attached hydrogens (tertiary/aromatic N) is 1. The number of methoxy groups -OCH3 is 1. The Bertz CT molecular complexity index is 990. The van der Waals surface area contributed by atoms with E-state index in [1.54, 1.807) is 42.0 Å². The summed E-state index contributed by atoms with van der Waals surface area (Å²) in [6.07, 6.45) is 0.646. The largest absolute Gasteiger partial charge is 0.497 e. The van der Waals surface area contributed by atoms with Crippen LogP contribution >= 0.6 is 11.6 Å². The van der Waals surface area contributed by atoms with Crippen LogP contribution in [-0.2, 0) is 17.6 Å². The molecule has 0 spiro atoms. The van der Waals surface area contributed by atoms with Crippen LogP contribution in [-0.4, -0.2) is 23.5 Å². The van der Waals surface area contributed by atoms with Crippen LogP contribution in [0.25, 0.3) is 10.9 Å². The second kappa shape index (κ2) is 7.22. The van der Waals surface area contributed by atoms with Gasteiger partial charge >= 0.3 is 0 Å². The van der Waals surface area contributed by atoms with Crippen molar-refractivity contribution >= 4 is 34.3 Å². The van der Waals surface area contributed by atoms with E-state index in [-0.39, 0.29) is 12.3 Å². The monoisotopic (exact) mass is 370 g/mol. The Morgan fingerprint density at radius 1 is 1.15 bits per heavy atom. The van der Waals surface area contributed by atoms with Crippen molar-refractivity contribution in [3.63, 3.8) is 0 Å². The van der Waals surface area contributed by atoms with E-state index in [4.69, 9.17) is 22.1 Å². The molecular formula is C20H19ClN2O3. The number of primary amides is 1. The number of ether oxygens (including phenoxy) is 1. The van der Waals surface area contributed by atoms with Gasteiger partial charge in [0.05, 0.1) is 19.0 Å². The quantitative estimate of drug-likeness (QED) is 0.745. The Morgan fingerprint density at radius 3 is 2.42 bits per heavy atom. The van der Waals surface area contributed by atoms with Crippen molar-refractivity contribution in [3.05, 3.63) is 64.3 Å². The summed E-state index contributed by atoms with van der Waals surface area (Å²) in [4.78, 5) is 24.8. The molecule has 0 bridgehead atoms. The van der Waals surface area contributed by atoms with Gasteiger partial charge in [-0.2, -0.15) is 0 Å². The Hall–Kier alpha value is -2.79. The number of benzene rings is 2. The van der Waals surface area contributed by atoms with E-state index in [2.05, 4.69) is 0 Å². The zero-order valence-corrected chi connectivity index (χ0v) is 15.3. The van der Waals surface area contributed by atoms with E-state index in [0.29, 0.717) is 22.8 Å². The molecule has 5 nitrogen and oxygen atoms in total. The van der Waals surface area contributed by atoms with Gasteiger partial charge < -0.3 is 10.5 Å². The number of halogens is 1. The molecule has 0 aliphatic heterocycles. The van der Waals surface area contributed by atoms with Crippen molar-refractivity contribution in [2.45, 2.75) is 19.8 Å². The molecule has 3 aromatic rings. The Balaban J connectivity index is 2.28. The lowest BCUT2D eigenvalue weighted by Gasteiger charge is -2.09. The van der Waals surface area contributed by atoms with Crippen LogP contribution in [0.2, 0.25) is 5.02 Å². The molecule has 0 radical (unpaired) electrons. The zero-order chi connectivity index (χ0) is 18.8. The number of carbonyl (C=O) groups is 2. The highest BCUT2D eigenvalue weighted by molar-refractivity contribution is 6.30. The van der Waals surface area contributed by atoms with E-state index in [0.717, 1.165) is 22.2 Å². The minimum Gasteiger partial charge on any atom is -0.497 e. The number of aromatic nitrogens is 1. The minimum absolute atomic E-state index is 0.0632. The number of amides is 1. The van der Waals surface area contributed by atoms with Gasteiger partial charge in [-0.15, -0.1) is 0 Å². The molecule has 0 fully saturated rings. The van der Waals surface area contributed by atoms with Crippen LogP contribution in [0.3, 0.4) is 0 Å². The van der Waals surface area contributed by atoms with E-state index in [1.807, 2.05) is 19.1 Å². The number of carbonyl (C=O) groups excluding carboxylic acids is 2. The maximum Gasteiger partial charge on any atom is 0.262 e. The first-order valence-electron chi connectivity index (χ1n) is 8.25. The summed E-state index contributed by atoms with van der Waals surface area (Å²) in [6.45, 7) is 1.95. The summed E-state index contributed by atoms with van der Waals surface area (Å²) in [7, 11) is 1.57. The normalized spacial score (nSPS) is 10.9. The lowest BCUT2D eigenvalue weighted by atomic mass is 10.1. The maximum atomic E-state index is 13.2. The van der Waals surface area contributed by atoms with Crippen molar-refractivity contribution < 1.29 is 14.3 Å². The second-order valence-corrected chi connectivity index (χ2v) is 6.39. The summed E-state index contributed by atoms with van der Waals surface area (Å²) >= 11 is 5.93. The van der Waals surface area contributed by atoms with Gasteiger partial charge in [-0.1, -0.05) is 18.5 Å². The van der Waals surface area contributed by atoms with Crippen LogP contribution in [0, 0.1) is 0 Å². The number of hydrogen-bond donors (Lipinski definition) is 1. The fraction of sp³-hybridized carbons (Fsp3) is 0.200. The first-order valence-corrected chi connectivity index (χ1v) is 8.62. The highest BCUT2D eigenvalue weighted by atomic mass is 35.5. The van der Waals surface area contributed by atoms with Crippen LogP contribution < -0.4 is 10.5 Å². The topological polar surface area (TPSA) is 74.3 Å². The maximum absolute atomic E-state index is 13.2. The molecule has 6 heteroatoms. The van der Waals surface area contributed by atoms with Crippen molar-refractivity contribution in [2.24, 2.45) is 5.73 Å². The van der Waals surface area contributed by atoms with Crippen LogP contribution in [0.15, 0.2) is 42.5 Å². The SMILES string of the molecule is CCc1c(CC(N)=O)c2cc(OC)ccc2n1C(=O)c1ccc(Cl)cc1. The average molecular weight is 371 g/mol. The highest BCUT2D eigenvalue weighted by Gasteiger charge is 2.22. The number of hydrogen-bond acceptors (Lipinski definition) is 3. The van der Waals surface area contributed by atoms with Crippen LogP contribution in [0.1, 0.15) is 28.5 Å². The first-order chi connectivity index (χ1) is 12.5. The lowest BCUT2D eigenvalue weighted by Crippen LogP contribution is -2.17. The Morgan fingerprint density at radius 2 is 1.85 bits per heavy atom. The Labute approximate surface area is 156 Å². The van der Waals surface area contributed by atoms with Gasteiger partial charge in [-0.25, -0.2) is 0 Å². The van der Waals surface area contributed by atoms with Crippen LogP contribution in [0.4, 0.5) is 0 Å². The third kappa shape index (κ3) is 3.18. The van der Waals surface area contributed by atoms with Gasteiger partial charge in [-0.3, -0.25) is 14.2 Å². The van der Waals surface area contributed by atoms with Gasteiger partial charge in [0.2, 0.25) is 5.91 Å². The van der Waals surface area contributed by atoms with E-state index in [9.17, 15) is 9.59 Å². The van der Waals surface area contributed by atoms with E-state index in [1.165, 1.54) is 0 Å². The van der Waals surface area contributed by atoms with E-state index < -0.39 is 5.91 Å². The summed E-state index contributed by atoms with van der Waals surface area (Å²) < 4.78 is 6.95. The highest BCUT2D eigenvalue weighted by Crippen LogP contribution is 2.31. The third-order valence-corrected chi connectivity index (χ3v) is 4.62. The van der Waals surface area contributed by atoms with Crippen LogP contribution in [0.5, 0.6) is 5.75 Å². The predicted octanol–water partition coefficient (Wildman–Crippen LogP) is 3.58. The van der Waals surface area contributed by atoms with Gasteiger partial charge in [-0.05, 0) is 54.4 Å². The molecule has 1 aromatic heterocycles. The molecule has 0 unspecified atom stereocenters. The fourth-order valence-corrected chi connectivity index (χ4v) is 3.34. The minimum atomic E-state index is -0.444. The summed E-state index contributed by atoms with van der Waals surface area (Å²) in [5, 5.41) is 1.36. The van der Waals surface area contributed by atoms with Gasteiger partial charge in [0.15, 0.2) is 0 Å². The fourth-order valence-electron chi connectivity index (χ4n) is 3.21. The molecule has 1 heterocycles. The molecule has 0 atom stereocenters. The summed E-state index contributed by atoms with van der Waals surface area (Å²) in [5.41, 5.74) is 8.21. The summed E-state index contributed by atoms with van der Waals surface area (Å²) in [5.74, 6) is 0.0341. The molecule has 3 rings (SSSR count). The van der Waals surface area contributed by atoms with Crippen molar-refractivity contribution in [2.75, 3.05) is 7.11 Å². The molecule has 0 aliphatic carbocycles. The second-order valence-electron chi connectivity index (χ2n) is 5.95. The molecule has 2 N–H and O–H groups in total. The van der Waals surface area contributed by atoms with Crippen molar-refractivity contribution in [1.29, 1.82) is 0 Å². The summed E-state index contributed by atoms with van der Waals surface area (Å²) in [6, 6.07) is 12.2. The lowest BCUT2D eigenvalue weighted by molar-refractivity contribution is -0.117. The smallest absolute Gasteiger partial charge is 0.262 e. The molecule has 2 aromatic carbocycles. The molecule has 0 saturated carbocycles. The van der Waals surface area contributed by atoms with Crippen molar-refractivity contribution in [1.82, 2.24) is 4.57 Å². The number of nitrogens with two attached hydrogens (primary N) is 1. The van der Waals surface area contributed by atoms with E-state index >= 15 is 0 Å². The Kier molecular flexibility index (Phi) is 5.00. The number of fused-ring (bicyclic) bond motifs is 1. The zero-order valence-electron chi connectivity index (χ0n) is 14.6. The predicted molar refractivity (Wildman–Crippen MR) is 102 cm³/mol. The molecule has 0 saturated heterocycles. The molecule has 1 amide bonds. The van der Waals surface area contributed by atoms with Gasteiger partial charge in [0.25, 0.3) is 5.91 Å². The van der Waals surface area contributed by atoms with Crippen molar-refractivity contribution in [3.8, 4) is 5.75 Å². The first kappa shape index (κ1) is 18.0. The standard InChI is InChI=1S/C20H19ClN2O3/c1-3-17-16(11-19(22)24)15-10-14(26-2)8-9-18(15)23(17)20(25)12-4-6-13(21)7-5-12/h4-10H,3,11H2,1-2H3,(H2,22,24). The molecule has 0 aliphatic rings.